The van der Waals surface area contributed by atoms with Crippen LogP contribution >= 0.6 is 0 Å². The van der Waals surface area contributed by atoms with Crippen LogP contribution in [0.3, 0.4) is 0 Å². The van der Waals surface area contributed by atoms with Crippen molar-refractivity contribution >= 4 is 0 Å². The van der Waals surface area contributed by atoms with Crippen LogP contribution in [0.1, 0.15) is 47.0 Å². The van der Waals surface area contributed by atoms with E-state index in [1.807, 2.05) is 0 Å². The molecule has 5 N–H and O–H groups in total. The maximum atomic E-state index is 5.54. The Labute approximate surface area is 137 Å². The van der Waals surface area contributed by atoms with Crippen molar-refractivity contribution in [2.45, 2.75) is 64.6 Å². The minimum absolute atomic E-state index is 0.343. The second-order valence-corrected chi connectivity index (χ2v) is 7.16. The van der Waals surface area contributed by atoms with Gasteiger partial charge in [-0.2, -0.15) is 0 Å². The molecule has 0 spiro atoms. The zero-order valence-corrected chi connectivity index (χ0v) is 15.3. The zero-order chi connectivity index (χ0) is 16.6. The van der Waals surface area contributed by atoms with Crippen LogP contribution in [0.5, 0.6) is 0 Å². The smallest absolute Gasteiger partial charge is 0.0226 e. The lowest BCUT2D eigenvalue weighted by atomic mass is 10.0. The fourth-order valence-electron chi connectivity index (χ4n) is 3.10. The van der Waals surface area contributed by atoms with Crippen molar-refractivity contribution in [3.05, 3.63) is 0 Å². The molecule has 2 saturated heterocycles. The maximum absolute atomic E-state index is 5.54. The number of nitrogens with zero attached hydrogens (tertiary/aromatic N) is 2. The van der Waals surface area contributed by atoms with Gasteiger partial charge >= 0.3 is 0 Å². The number of rotatable bonds is 10. The number of hydrogen-bond acceptors (Lipinski definition) is 5. The Morgan fingerprint density at radius 3 is 2.14 bits per heavy atom. The van der Waals surface area contributed by atoms with Gasteiger partial charge in [-0.15, -0.1) is 0 Å². The molecule has 0 radical (unpaired) electrons. The normalized spacial score (nSPS) is 29.7. The third kappa shape index (κ3) is 6.92. The fraction of sp³-hybridized carbons (Fsp3) is 1.00. The molecule has 2 fully saturated rings. The van der Waals surface area contributed by atoms with E-state index in [9.17, 15) is 0 Å². The third-order valence-corrected chi connectivity index (χ3v) is 4.92. The highest BCUT2D eigenvalue weighted by molar-refractivity contribution is 4.98. The van der Waals surface area contributed by atoms with Crippen LogP contribution in [0.25, 0.3) is 0 Å². The second-order valence-electron chi connectivity index (χ2n) is 7.16. The van der Waals surface area contributed by atoms with Gasteiger partial charge in [0.15, 0.2) is 0 Å². The first-order valence-electron chi connectivity index (χ1n) is 9.11. The van der Waals surface area contributed by atoms with Crippen molar-refractivity contribution < 1.29 is 0 Å². The number of hydrogen-bond donors (Lipinski definition) is 3. The van der Waals surface area contributed by atoms with Crippen molar-refractivity contribution in [1.82, 2.24) is 15.1 Å². The predicted octanol–water partition coefficient (Wildman–Crippen LogP) is 0.837. The van der Waals surface area contributed by atoms with Crippen LogP contribution in [0.15, 0.2) is 0 Å². The Morgan fingerprint density at radius 1 is 1.00 bits per heavy atom. The maximum Gasteiger partial charge on any atom is 0.0226 e. The van der Waals surface area contributed by atoms with E-state index in [0.717, 1.165) is 44.7 Å². The van der Waals surface area contributed by atoms with Gasteiger partial charge in [-0.1, -0.05) is 13.8 Å². The van der Waals surface area contributed by atoms with Crippen molar-refractivity contribution in [2.24, 2.45) is 11.5 Å². The molecule has 4 atom stereocenters. The lowest BCUT2D eigenvalue weighted by Gasteiger charge is -2.26. The first kappa shape index (κ1) is 19.8. The molecular weight excluding hydrogens is 274 g/mol. The summed E-state index contributed by atoms with van der Waals surface area (Å²) in [4.78, 5) is 5.03. The summed E-state index contributed by atoms with van der Waals surface area (Å²) in [6, 6.07) is 1.73. The Balaban J connectivity index is 0.000000220. The third-order valence-electron chi connectivity index (χ3n) is 4.92. The van der Waals surface area contributed by atoms with E-state index in [1.165, 1.54) is 32.5 Å². The van der Waals surface area contributed by atoms with Crippen LogP contribution in [-0.2, 0) is 0 Å². The zero-order valence-electron chi connectivity index (χ0n) is 15.3. The summed E-state index contributed by atoms with van der Waals surface area (Å²) in [5.41, 5.74) is 11.2. The van der Waals surface area contributed by atoms with Crippen molar-refractivity contribution in [3.8, 4) is 0 Å². The van der Waals surface area contributed by atoms with Crippen molar-refractivity contribution in [3.63, 3.8) is 0 Å². The minimum Gasteiger partial charge on any atom is -0.330 e. The summed E-state index contributed by atoms with van der Waals surface area (Å²) in [6.07, 6.45) is 3.70. The Hall–Kier alpha value is -0.200. The number of nitrogens with two attached hydrogens (primary N) is 2. The van der Waals surface area contributed by atoms with E-state index < -0.39 is 0 Å². The van der Waals surface area contributed by atoms with Crippen LogP contribution < -0.4 is 16.8 Å². The molecule has 0 amide bonds. The van der Waals surface area contributed by atoms with Gasteiger partial charge in [-0.3, -0.25) is 9.80 Å². The molecule has 0 aromatic rings. The molecule has 2 aliphatic heterocycles. The molecular formula is C17H39N5. The van der Waals surface area contributed by atoms with Gasteiger partial charge in [0.1, 0.15) is 0 Å². The molecule has 5 heteroatoms. The minimum atomic E-state index is 0.343. The summed E-state index contributed by atoms with van der Waals surface area (Å²) in [5.74, 6) is 0. The van der Waals surface area contributed by atoms with Gasteiger partial charge in [0.2, 0.25) is 0 Å². The topological polar surface area (TPSA) is 70.1 Å². The number of nitrogens with one attached hydrogen (secondary N) is 1. The van der Waals surface area contributed by atoms with Gasteiger partial charge in [-0.25, -0.2) is 0 Å². The van der Waals surface area contributed by atoms with Crippen LogP contribution in [0, 0.1) is 0 Å². The summed E-state index contributed by atoms with van der Waals surface area (Å²) >= 11 is 0. The van der Waals surface area contributed by atoms with Crippen LogP contribution in [0.2, 0.25) is 0 Å². The van der Waals surface area contributed by atoms with E-state index >= 15 is 0 Å². The SMILES string of the molecule is CCC1CN1C(C)(C)CCN.CCC1CN1CCNCCN. The quantitative estimate of drug-likeness (QED) is 0.412. The average Bonchev–Trinajstić information content (AvgIpc) is 3.38. The molecule has 0 aromatic heterocycles. The Kier molecular flexibility index (Phi) is 8.87. The lowest BCUT2D eigenvalue weighted by molar-refractivity contribution is 0.243. The van der Waals surface area contributed by atoms with Crippen molar-refractivity contribution in [1.29, 1.82) is 0 Å². The van der Waals surface area contributed by atoms with E-state index in [0.29, 0.717) is 5.54 Å². The lowest BCUT2D eigenvalue weighted by Crippen LogP contribution is -2.34. The highest BCUT2D eigenvalue weighted by Gasteiger charge is 2.42. The van der Waals surface area contributed by atoms with Gasteiger partial charge in [0.05, 0.1) is 0 Å². The largest absolute Gasteiger partial charge is 0.330 e. The monoisotopic (exact) mass is 313 g/mol. The summed E-state index contributed by atoms with van der Waals surface area (Å²) < 4.78 is 0. The molecule has 5 nitrogen and oxygen atoms in total. The standard InChI is InChI=1S/C9H20N2.C8H19N3/c1-4-8-7-11(8)9(2,3)5-6-10;1-2-8-7-11(8)6-5-10-4-3-9/h8H,4-7,10H2,1-3H3;8,10H,2-7,9H2,1H3. The molecule has 0 bridgehead atoms. The highest BCUT2D eigenvalue weighted by atomic mass is 15.4. The molecule has 2 heterocycles. The summed E-state index contributed by atoms with van der Waals surface area (Å²) in [7, 11) is 0. The predicted molar refractivity (Wildman–Crippen MR) is 96.1 cm³/mol. The van der Waals surface area contributed by atoms with Gasteiger partial charge in [-0.05, 0) is 39.7 Å². The van der Waals surface area contributed by atoms with Gasteiger partial charge < -0.3 is 16.8 Å². The first-order valence-corrected chi connectivity index (χ1v) is 9.11. The first-order chi connectivity index (χ1) is 10.5. The van der Waals surface area contributed by atoms with E-state index in [-0.39, 0.29) is 0 Å². The second kappa shape index (κ2) is 9.83. The average molecular weight is 314 g/mol. The van der Waals surface area contributed by atoms with E-state index in [2.05, 4.69) is 42.8 Å². The molecule has 132 valence electrons. The molecule has 0 saturated carbocycles. The Bertz CT molecular complexity index is 295. The molecule has 0 aromatic carbocycles. The molecule has 22 heavy (non-hydrogen) atoms. The Morgan fingerprint density at radius 2 is 1.68 bits per heavy atom. The van der Waals surface area contributed by atoms with Crippen molar-refractivity contribution in [2.75, 3.05) is 45.8 Å². The van der Waals surface area contributed by atoms with Gasteiger partial charge in [0.25, 0.3) is 0 Å². The highest BCUT2D eigenvalue weighted by Crippen LogP contribution is 2.32. The van der Waals surface area contributed by atoms with Gasteiger partial charge in [0, 0.05) is 56.9 Å². The van der Waals surface area contributed by atoms with Crippen LogP contribution in [0.4, 0.5) is 0 Å². The summed E-state index contributed by atoms with van der Waals surface area (Å²) in [5, 5.41) is 3.28. The molecule has 2 aliphatic rings. The molecule has 4 unspecified atom stereocenters. The fourth-order valence-corrected chi connectivity index (χ4v) is 3.10. The van der Waals surface area contributed by atoms with E-state index in [1.54, 1.807) is 0 Å². The van der Waals surface area contributed by atoms with Crippen LogP contribution in [-0.4, -0.2) is 73.2 Å². The molecule has 2 rings (SSSR count). The molecule has 0 aliphatic carbocycles. The van der Waals surface area contributed by atoms with E-state index in [4.69, 9.17) is 11.5 Å². The summed E-state index contributed by atoms with van der Waals surface area (Å²) in [6.45, 7) is 16.4.